The van der Waals surface area contributed by atoms with Crippen LogP contribution in [0.5, 0.6) is 0 Å². The minimum atomic E-state index is -1.12. The van der Waals surface area contributed by atoms with E-state index in [4.69, 9.17) is 5.11 Å². The Bertz CT molecular complexity index is 588. The van der Waals surface area contributed by atoms with E-state index in [2.05, 4.69) is 10.6 Å². The van der Waals surface area contributed by atoms with Gasteiger partial charge in [-0.1, -0.05) is 24.3 Å². The van der Waals surface area contributed by atoms with Gasteiger partial charge in [-0.3, -0.25) is 9.59 Å². The second kappa shape index (κ2) is 6.93. The predicted octanol–water partition coefficient (Wildman–Crippen LogP) is 0.344. The number of urea groups is 1. The first-order valence-electron chi connectivity index (χ1n) is 7.09. The van der Waals surface area contributed by atoms with Crippen molar-refractivity contribution in [3.05, 3.63) is 35.4 Å². The Morgan fingerprint density at radius 1 is 1.27 bits per heavy atom. The minimum absolute atomic E-state index is 0.241. The molecule has 22 heavy (non-hydrogen) atoms. The van der Waals surface area contributed by atoms with Gasteiger partial charge >= 0.3 is 12.0 Å². The number of hydrogen-bond acceptors (Lipinski definition) is 3. The number of rotatable bonds is 4. The second-order valence-corrected chi connectivity index (χ2v) is 5.23. The average molecular weight is 305 g/mol. The lowest BCUT2D eigenvalue weighted by Crippen LogP contribution is -2.48. The number of carboxylic acid groups (broad SMARTS) is 1. The number of aliphatic carboxylic acids is 1. The van der Waals surface area contributed by atoms with E-state index < -0.39 is 17.9 Å². The summed E-state index contributed by atoms with van der Waals surface area (Å²) >= 11 is 0. The summed E-state index contributed by atoms with van der Waals surface area (Å²) in [6, 6.07) is 6.63. The number of nitrogens with zero attached hydrogens (tertiary/aromatic N) is 1. The fourth-order valence-corrected chi connectivity index (χ4v) is 2.29. The number of fused-ring (bicyclic) bond motifs is 1. The zero-order valence-electron chi connectivity index (χ0n) is 12.3. The maximum Gasteiger partial charge on any atom is 0.325 e. The van der Waals surface area contributed by atoms with Crippen LogP contribution < -0.4 is 10.6 Å². The number of carbonyl (C=O) groups is 3. The summed E-state index contributed by atoms with van der Waals surface area (Å²) in [6.45, 7) is 2.23. The van der Waals surface area contributed by atoms with Gasteiger partial charge in [-0.05, 0) is 24.5 Å². The zero-order valence-corrected chi connectivity index (χ0v) is 12.3. The van der Waals surface area contributed by atoms with Crippen LogP contribution in [-0.4, -0.2) is 47.0 Å². The van der Waals surface area contributed by atoms with Crippen LogP contribution in [0, 0.1) is 0 Å². The Morgan fingerprint density at radius 3 is 2.64 bits per heavy atom. The van der Waals surface area contributed by atoms with Crippen molar-refractivity contribution >= 4 is 17.9 Å². The van der Waals surface area contributed by atoms with E-state index in [-0.39, 0.29) is 12.6 Å². The number of hydrogen-bond donors (Lipinski definition) is 3. The van der Waals surface area contributed by atoms with Gasteiger partial charge in [0.05, 0.1) is 6.54 Å². The molecule has 2 rings (SSSR count). The van der Waals surface area contributed by atoms with E-state index in [0.717, 1.165) is 12.0 Å². The summed E-state index contributed by atoms with van der Waals surface area (Å²) in [4.78, 5) is 35.8. The third-order valence-electron chi connectivity index (χ3n) is 3.57. The first-order chi connectivity index (χ1) is 10.5. The standard InChI is InChI=1S/C15H19N3O4/c1-10(14(20)21)17-13(19)8-16-15(22)18-7-6-11-4-2-3-5-12(11)9-18/h2-5,10H,6-9H2,1H3,(H,16,22)(H,17,19)(H,20,21)/t10-/m1/s1. The van der Waals surface area contributed by atoms with Crippen molar-refractivity contribution in [2.75, 3.05) is 13.1 Å². The quantitative estimate of drug-likeness (QED) is 0.747. The van der Waals surface area contributed by atoms with Crippen LogP contribution in [0.15, 0.2) is 24.3 Å². The lowest BCUT2D eigenvalue weighted by atomic mass is 10.0. The fraction of sp³-hybridized carbons (Fsp3) is 0.400. The second-order valence-electron chi connectivity index (χ2n) is 5.23. The van der Waals surface area contributed by atoms with Crippen molar-refractivity contribution in [2.24, 2.45) is 0 Å². The van der Waals surface area contributed by atoms with E-state index in [1.54, 1.807) is 4.90 Å². The summed E-state index contributed by atoms with van der Waals surface area (Å²) < 4.78 is 0. The van der Waals surface area contributed by atoms with Gasteiger partial charge in [-0.2, -0.15) is 0 Å². The van der Waals surface area contributed by atoms with E-state index in [1.807, 2.05) is 24.3 Å². The number of benzene rings is 1. The average Bonchev–Trinajstić information content (AvgIpc) is 2.52. The van der Waals surface area contributed by atoms with E-state index >= 15 is 0 Å². The Hall–Kier alpha value is -2.57. The molecular formula is C15H19N3O4. The number of nitrogens with one attached hydrogen (secondary N) is 2. The van der Waals surface area contributed by atoms with Crippen molar-refractivity contribution in [1.29, 1.82) is 0 Å². The molecule has 0 saturated heterocycles. The summed E-state index contributed by atoms with van der Waals surface area (Å²) in [5.74, 6) is -1.65. The SMILES string of the molecule is C[C@@H](NC(=O)CNC(=O)N1CCc2ccccc2C1)C(=O)O. The van der Waals surface area contributed by atoms with Crippen LogP contribution in [0.4, 0.5) is 4.79 Å². The molecule has 0 aromatic heterocycles. The highest BCUT2D eigenvalue weighted by atomic mass is 16.4. The monoisotopic (exact) mass is 305 g/mol. The van der Waals surface area contributed by atoms with Gasteiger partial charge in [0.2, 0.25) is 5.91 Å². The highest BCUT2D eigenvalue weighted by Gasteiger charge is 2.21. The molecule has 3 N–H and O–H groups in total. The van der Waals surface area contributed by atoms with Gasteiger partial charge in [0.1, 0.15) is 6.04 Å². The molecule has 1 aliphatic heterocycles. The maximum atomic E-state index is 12.1. The molecule has 0 bridgehead atoms. The molecule has 1 heterocycles. The Balaban J connectivity index is 1.81. The fourth-order valence-electron chi connectivity index (χ4n) is 2.29. The summed E-state index contributed by atoms with van der Waals surface area (Å²) in [7, 11) is 0. The Morgan fingerprint density at radius 2 is 1.95 bits per heavy atom. The summed E-state index contributed by atoms with van der Waals surface area (Å²) in [5, 5.41) is 13.5. The van der Waals surface area contributed by atoms with E-state index in [0.29, 0.717) is 13.1 Å². The minimum Gasteiger partial charge on any atom is -0.480 e. The largest absolute Gasteiger partial charge is 0.480 e. The molecule has 7 heteroatoms. The van der Waals surface area contributed by atoms with Gasteiger partial charge in [0.15, 0.2) is 0 Å². The van der Waals surface area contributed by atoms with Crippen molar-refractivity contribution in [1.82, 2.24) is 15.5 Å². The number of carboxylic acids is 1. The van der Waals surface area contributed by atoms with Crippen molar-refractivity contribution < 1.29 is 19.5 Å². The lowest BCUT2D eigenvalue weighted by molar-refractivity contribution is -0.141. The zero-order chi connectivity index (χ0) is 16.1. The van der Waals surface area contributed by atoms with Crippen molar-refractivity contribution in [3.63, 3.8) is 0 Å². The van der Waals surface area contributed by atoms with Crippen LogP contribution in [0.3, 0.4) is 0 Å². The molecule has 1 aromatic carbocycles. The topological polar surface area (TPSA) is 98.7 Å². The number of amides is 3. The van der Waals surface area contributed by atoms with Gasteiger partial charge in [-0.25, -0.2) is 4.79 Å². The molecule has 0 fully saturated rings. The van der Waals surface area contributed by atoms with Crippen LogP contribution in [-0.2, 0) is 22.6 Å². The highest BCUT2D eigenvalue weighted by Crippen LogP contribution is 2.18. The molecule has 0 saturated carbocycles. The number of carbonyl (C=O) groups excluding carboxylic acids is 2. The van der Waals surface area contributed by atoms with Crippen LogP contribution in [0.1, 0.15) is 18.1 Å². The normalized spacial score (nSPS) is 14.7. The van der Waals surface area contributed by atoms with Gasteiger partial charge in [0.25, 0.3) is 0 Å². The first kappa shape index (κ1) is 15.8. The van der Waals surface area contributed by atoms with Gasteiger partial charge < -0.3 is 20.6 Å². The van der Waals surface area contributed by atoms with Gasteiger partial charge in [-0.15, -0.1) is 0 Å². The molecular weight excluding hydrogens is 286 g/mol. The third-order valence-corrected chi connectivity index (χ3v) is 3.57. The molecule has 118 valence electrons. The molecule has 0 aliphatic carbocycles. The highest BCUT2D eigenvalue weighted by molar-refractivity contribution is 5.87. The molecule has 7 nitrogen and oxygen atoms in total. The van der Waals surface area contributed by atoms with E-state index in [1.165, 1.54) is 12.5 Å². The van der Waals surface area contributed by atoms with Crippen LogP contribution in [0.25, 0.3) is 0 Å². The van der Waals surface area contributed by atoms with Crippen LogP contribution >= 0.6 is 0 Å². The Kier molecular flexibility index (Phi) is 4.98. The molecule has 1 aliphatic rings. The van der Waals surface area contributed by atoms with Crippen LogP contribution in [0.2, 0.25) is 0 Å². The maximum absolute atomic E-state index is 12.1. The summed E-state index contributed by atoms with van der Waals surface area (Å²) in [6.07, 6.45) is 0.784. The van der Waals surface area contributed by atoms with E-state index in [9.17, 15) is 14.4 Å². The molecule has 3 amide bonds. The molecule has 0 unspecified atom stereocenters. The summed E-state index contributed by atoms with van der Waals surface area (Å²) in [5.41, 5.74) is 2.34. The molecule has 1 atom stereocenters. The smallest absolute Gasteiger partial charge is 0.325 e. The predicted molar refractivity (Wildman–Crippen MR) is 79.2 cm³/mol. The molecule has 0 spiro atoms. The first-order valence-corrected chi connectivity index (χ1v) is 7.09. The lowest BCUT2D eigenvalue weighted by Gasteiger charge is -2.28. The Labute approximate surface area is 128 Å². The third kappa shape index (κ3) is 3.97. The molecule has 1 aromatic rings. The molecule has 0 radical (unpaired) electrons. The van der Waals surface area contributed by atoms with Crippen molar-refractivity contribution in [2.45, 2.75) is 25.9 Å². The van der Waals surface area contributed by atoms with Gasteiger partial charge in [0, 0.05) is 13.1 Å². The van der Waals surface area contributed by atoms with Crippen molar-refractivity contribution in [3.8, 4) is 0 Å².